The Bertz CT molecular complexity index is 1130. The molecule has 0 aliphatic rings. The van der Waals surface area contributed by atoms with E-state index >= 15 is 0 Å². The third kappa shape index (κ3) is 4.89. The molecular weight excluding hydrogens is 382 g/mol. The van der Waals surface area contributed by atoms with E-state index in [0.717, 1.165) is 32.1 Å². The number of benzene rings is 3. The molecule has 0 fully saturated rings. The number of rotatable bonds is 7. The summed E-state index contributed by atoms with van der Waals surface area (Å²) in [6, 6.07) is 25.4. The minimum atomic E-state index is -0.882. The molecule has 0 bridgehead atoms. The summed E-state index contributed by atoms with van der Waals surface area (Å²) in [5, 5.41) is 10.1. The van der Waals surface area contributed by atoms with E-state index in [9.17, 15) is 9.90 Å². The molecule has 5 heteroatoms. The van der Waals surface area contributed by atoms with Gasteiger partial charge in [0.05, 0.1) is 16.6 Å². The maximum atomic E-state index is 11.4. The Morgan fingerprint density at radius 1 is 1.00 bits per heavy atom. The molecule has 4 nitrogen and oxygen atoms in total. The van der Waals surface area contributed by atoms with E-state index in [1.54, 1.807) is 0 Å². The minimum Gasteiger partial charge on any atom is -0.489 e. The number of ether oxygens (including phenoxy) is 1. The number of fused-ring (bicyclic) bond motifs is 1. The van der Waals surface area contributed by atoms with Gasteiger partial charge in [-0.15, -0.1) is 11.3 Å². The van der Waals surface area contributed by atoms with Crippen LogP contribution >= 0.6 is 11.3 Å². The molecule has 0 unspecified atom stereocenters. The lowest BCUT2D eigenvalue weighted by molar-refractivity contribution is -0.135. The smallest absolute Gasteiger partial charge is 0.307 e. The van der Waals surface area contributed by atoms with E-state index in [-0.39, 0.29) is 6.42 Å². The molecule has 0 radical (unpaired) electrons. The number of carboxylic acids is 1. The van der Waals surface area contributed by atoms with E-state index in [2.05, 4.69) is 4.98 Å². The number of hydrogen-bond donors (Lipinski definition) is 1. The van der Waals surface area contributed by atoms with Crippen LogP contribution in [0.3, 0.4) is 0 Å². The van der Waals surface area contributed by atoms with Gasteiger partial charge in [0.1, 0.15) is 17.4 Å². The molecule has 0 atom stereocenters. The Balaban J connectivity index is 1.61. The molecule has 0 aliphatic carbocycles. The zero-order chi connectivity index (χ0) is 20.1. The van der Waals surface area contributed by atoms with Crippen molar-refractivity contribution in [2.24, 2.45) is 0 Å². The molecule has 0 spiro atoms. The predicted octanol–water partition coefficient (Wildman–Crippen LogP) is 5.89. The van der Waals surface area contributed by atoms with Gasteiger partial charge in [-0.3, -0.25) is 4.79 Å². The number of carboxylic acid groups (broad SMARTS) is 1. The molecule has 0 saturated carbocycles. The number of para-hydroxylation sites is 1. The van der Waals surface area contributed by atoms with Crippen LogP contribution in [0.25, 0.3) is 21.9 Å². The Labute approximate surface area is 172 Å². The van der Waals surface area contributed by atoms with Crippen molar-refractivity contribution in [3.63, 3.8) is 0 Å². The van der Waals surface area contributed by atoms with Gasteiger partial charge in [0, 0.05) is 0 Å². The van der Waals surface area contributed by atoms with Gasteiger partial charge in [0.2, 0.25) is 0 Å². The summed E-state index contributed by atoms with van der Waals surface area (Å²) in [6.45, 7) is 0.480. The van der Waals surface area contributed by atoms with Gasteiger partial charge in [-0.05, 0) is 47.0 Å². The maximum absolute atomic E-state index is 11.4. The molecule has 1 aromatic heterocycles. The fraction of sp³-hybridized carbons (Fsp3) is 0.0833. The van der Waals surface area contributed by atoms with E-state index < -0.39 is 5.97 Å². The SMILES string of the molecule is O=C(O)C/C(=C/c1cccc(OCc2ccccc2)c1)c1nc2ccccc2s1. The number of carbonyl (C=O) groups is 1. The average Bonchev–Trinajstić information content (AvgIpc) is 3.17. The maximum Gasteiger partial charge on any atom is 0.307 e. The van der Waals surface area contributed by atoms with Crippen molar-refractivity contribution in [2.75, 3.05) is 0 Å². The van der Waals surface area contributed by atoms with Crippen LogP contribution in [0.15, 0.2) is 78.9 Å². The Hall–Kier alpha value is -3.44. The number of nitrogens with zero attached hydrogens (tertiary/aromatic N) is 1. The minimum absolute atomic E-state index is 0.0884. The summed E-state index contributed by atoms with van der Waals surface area (Å²) >= 11 is 1.50. The van der Waals surface area contributed by atoms with Gasteiger partial charge in [0.15, 0.2) is 0 Å². The third-order valence-corrected chi connectivity index (χ3v) is 5.47. The molecule has 1 N–H and O–H groups in total. The Morgan fingerprint density at radius 3 is 2.59 bits per heavy atom. The Morgan fingerprint density at radius 2 is 1.79 bits per heavy atom. The van der Waals surface area contributed by atoms with Crippen molar-refractivity contribution in [2.45, 2.75) is 13.0 Å². The fourth-order valence-electron chi connectivity index (χ4n) is 3.00. The van der Waals surface area contributed by atoms with Crippen LogP contribution in [-0.4, -0.2) is 16.1 Å². The second-order valence-corrected chi connectivity index (χ2v) is 7.60. The van der Waals surface area contributed by atoms with Gasteiger partial charge >= 0.3 is 5.97 Å². The zero-order valence-corrected chi connectivity index (χ0v) is 16.4. The molecule has 3 aromatic carbocycles. The molecule has 0 aliphatic heterocycles. The van der Waals surface area contributed by atoms with Gasteiger partial charge in [-0.1, -0.05) is 54.6 Å². The summed E-state index contributed by atoms with van der Waals surface area (Å²) < 4.78 is 6.93. The van der Waals surface area contributed by atoms with Crippen LogP contribution in [0.1, 0.15) is 22.6 Å². The van der Waals surface area contributed by atoms with Crippen LogP contribution < -0.4 is 4.74 Å². The van der Waals surface area contributed by atoms with E-state index in [0.29, 0.717) is 12.2 Å². The first-order chi connectivity index (χ1) is 14.2. The lowest BCUT2D eigenvalue weighted by atomic mass is 10.1. The monoisotopic (exact) mass is 401 g/mol. The second kappa shape index (κ2) is 8.71. The first-order valence-electron chi connectivity index (χ1n) is 9.22. The van der Waals surface area contributed by atoms with Gasteiger partial charge < -0.3 is 9.84 Å². The topological polar surface area (TPSA) is 59.4 Å². The lowest BCUT2D eigenvalue weighted by Gasteiger charge is -2.08. The number of aliphatic carboxylic acids is 1. The molecule has 4 aromatic rings. The first-order valence-corrected chi connectivity index (χ1v) is 10.0. The van der Waals surface area contributed by atoms with Crippen molar-refractivity contribution < 1.29 is 14.6 Å². The van der Waals surface area contributed by atoms with Crippen molar-refractivity contribution in [1.82, 2.24) is 4.98 Å². The fourth-order valence-corrected chi connectivity index (χ4v) is 3.98. The Kier molecular flexibility index (Phi) is 5.68. The van der Waals surface area contributed by atoms with E-state index in [4.69, 9.17) is 4.74 Å². The summed E-state index contributed by atoms with van der Waals surface area (Å²) in [5.74, 6) is -0.145. The molecular formula is C24H19NO3S. The highest BCUT2D eigenvalue weighted by atomic mass is 32.1. The highest BCUT2D eigenvalue weighted by Gasteiger charge is 2.13. The zero-order valence-electron chi connectivity index (χ0n) is 15.6. The third-order valence-electron chi connectivity index (χ3n) is 4.36. The molecule has 4 rings (SSSR count). The van der Waals surface area contributed by atoms with Gasteiger partial charge in [0.25, 0.3) is 0 Å². The standard InChI is InChI=1S/C24H19NO3S/c26-23(27)15-19(24-25-21-11-4-5-12-22(21)29-24)13-18-9-6-10-20(14-18)28-16-17-7-2-1-3-8-17/h1-14H,15-16H2,(H,26,27)/b19-13-. The van der Waals surface area contributed by atoms with Gasteiger partial charge in [-0.2, -0.15) is 0 Å². The quantitative estimate of drug-likeness (QED) is 0.419. The lowest BCUT2D eigenvalue weighted by Crippen LogP contribution is -1.97. The number of hydrogen-bond acceptors (Lipinski definition) is 4. The van der Waals surface area contributed by atoms with Crippen molar-refractivity contribution in [1.29, 1.82) is 0 Å². The van der Waals surface area contributed by atoms with Crippen molar-refractivity contribution in [3.8, 4) is 5.75 Å². The first kappa shape index (κ1) is 18.9. The van der Waals surface area contributed by atoms with Gasteiger partial charge in [-0.25, -0.2) is 4.98 Å². The number of thiazole rings is 1. The van der Waals surface area contributed by atoms with E-state index in [1.165, 1.54) is 11.3 Å². The predicted molar refractivity (Wildman–Crippen MR) is 117 cm³/mol. The summed E-state index contributed by atoms with van der Waals surface area (Å²) in [7, 11) is 0. The average molecular weight is 401 g/mol. The normalized spacial score (nSPS) is 11.5. The second-order valence-electron chi connectivity index (χ2n) is 6.57. The summed E-state index contributed by atoms with van der Waals surface area (Å²) in [5.41, 5.74) is 3.53. The van der Waals surface area contributed by atoms with Crippen molar-refractivity contribution >= 4 is 39.2 Å². The van der Waals surface area contributed by atoms with Crippen LogP contribution in [0, 0.1) is 0 Å². The van der Waals surface area contributed by atoms with Crippen LogP contribution in [-0.2, 0) is 11.4 Å². The molecule has 1 heterocycles. The molecule has 0 amide bonds. The molecule has 144 valence electrons. The largest absolute Gasteiger partial charge is 0.489 e. The van der Waals surface area contributed by atoms with E-state index in [1.807, 2.05) is 84.9 Å². The molecule has 29 heavy (non-hydrogen) atoms. The highest BCUT2D eigenvalue weighted by molar-refractivity contribution is 7.19. The summed E-state index contributed by atoms with van der Waals surface area (Å²) in [6.07, 6.45) is 1.79. The van der Waals surface area contributed by atoms with Crippen LogP contribution in [0.5, 0.6) is 5.75 Å². The summed E-state index contributed by atoms with van der Waals surface area (Å²) in [4.78, 5) is 16.0. The number of aromatic nitrogens is 1. The highest BCUT2D eigenvalue weighted by Crippen LogP contribution is 2.30. The molecule has 0 saturated heterocycles. The van der Waals surface area contributed by atoms with Crippen LogP contribution in [0.4, 0.5) is 0 Å². The van der Waals surface area contributed by atoms with Crippen LogP contribution in [0.2, 0.25) is 0 Å². The van der Waals surface area contributed by atoms with Crippen molar-refractivity contribution in [3.05, 3.63) is 95.0 Å².